The average Bonchev–Trinajstić information content (AvgIpc) is 3.02. The number of hydrogen-bond donors (Lipinski definition) is 1. The molecule has 0 saturated carbocycles. The summed E-state index contributed by atoms with van der Waals surface area (Å²) in [7, 11) is 0. The van der Waals surface area contributed by atoms with Gasteiger partial charge >= 0.3 is 5.97 Å². The van der Waals surface area contributed by atoms with Gasteiger partial charge in [0.1, 0.15) is 6.04 Å². The predicted molar refractivity (Wildman–Crippen MR) is 108 cm³/mol. The lowest BCUT2D eigenvalue weighted by molar-refractivity contribution is -0.139. The number of rotatable bonds is 6. The largest absolute Gasteiger partial charge is 0.463 e. The molecule has 6 nitrogen and oxygen atoms in total. The molecule has 1 N–H and O–H groups in total. The van der Waals surface area contributed by atoms with Crippen molar-refractivity contribution in [2.24, 2.45) is 5.92 Å². The van der Waals surface area contributed by atoms with E-state index >= 15 is 0 Å². The second kappa shape index (κ2) is 8.35. The highest BCUT2D eigenvalue weighted by Gasteiger charge is 2.35. The van der Waals surface area contributed by atoms with Crippen molar-refractivity contribution in [2.45, 2.75) is 38.9 Å². The number of anilines is 1. The molecule has 0 fully saturated rings. The number of nitrogens with one attached hydrogen (secondary N) is 1. The number of allylic oxidation sites excluding steroid dienone is 1. The third-order valence-corrected chi connectivity index (χ3v) is 5.58. The summed E-state index contributed by atoms with van der Waals surface area (Å²) in [5.41, 5.74) is 2.14. The molecule has 0 amide bonds. The molecule has 27 heavy (non-hydrogen) atoms. The number of hydrogen-bond acceptors (Lipinski definition) is 6. The summed E-state index contributed by atoms with van der Waals surface area (Å²) in [6.07, 6.45) is 0. The van der Waals surface area contributed by atoms with Crippen LogP contribution in [0.4, 0.5) is 5.95 Å². The summed E-state index contributed by atoms with van der Waals surface area (Å²) in [6.45, 7) is 8.27. The first-order chi connectivity index (χ1) is 12.9. The number of benzene rings is 1. The van der Waals surface area contributed by atoms with Gasteiger partial charge in [0, 0.05) is 16.5 Å². The van der Waals surface area contributed by atoms with Crippen molar-refractivity contribution >= 4 is 35.3 Å². The van der Waals surface area contributed by atoms with E-state index in [1.807, 2.05) is 31.2 Å². The third-order valence-electron chi connectivity index (χ3n) is 4.06. The molecule has 1 aliphatic rings. The van der Waals surface area contributed by atoms with Crippen molar-refractivity contribution in [3.63, 3.8) is 0 Å². The van der Waals surface area contributed by atoms with Gasteiger partial charge < -0.3 is 10.1 Å². The number of ether oxygens (including phenoxy) is 1. The SMILES string of the molecule is CCOC(=O)C1=C(C)Nc2nc(SCC(C)C)nn2[C@H]1c1ccc(Cl)cc1. The van der Waals surface area contributed by atoms with Gasteiger partial charge in [0.25, 0.3) is 0 Å². The second-order valence-electron chi connectivity index (χ2n) is 6.71. The van der Waals surface area contributed by atoms with Gasteiger partial charge in [-0.1, -0.05) is 49.3 Å². The summed E-state index contributed by atoms with van der Waals surface area (Å²) >= 11 is 7.65. The number of fused-ring (bicyclic) bond motifs is 1. The molecule has 1 aromatic carbocycles. The van der Waals surface area contributed by atoms with Crippen LogP contribution in [0.15, 0.2) is 40.7 Å². The molecule has 0 radical (unpaired) electrons. The van der Waals surface area contributed by atoms with Gasteiger partial charge in [-0.05, 0) is 37.5 Å². The van der Waals surface area contributed by atoms with E-state index in [2.05, 4.69) is 29.2 Å². The summed E-state index contributed by atoms with van der Waals surface area (Å²) in [5.74, 6) is 1.71. The number of esters is 1. The summed E-state index contributed by atoms with van der Waals surface area (Å²) < 4.78 is 7.05. The minimum Gasteiger partial charge on any atom is -0.463 e. The molecule has 0 aliphatic carbocycles. The highest BCUT2D eigenvalue weighted by atomic mass is 35.5. The van der Waals surface area contributed by atoms with E-state index in [1.54, 1.807) is 23.4 Å². The van der Waals surface area contributed by atoms with E-state index < -0.39 is 6.04 Å². The van der Waals surface area contributed by atoms with Crippen LogP contribution in [0.5, 0.6) is 0 Å². The van der Waals surface area contributed by atoms with Gasteiger partial charge in [0.15, 0.2) is 0 Å². The number of halogens is 1. The third kappa shape index (κ3) is 4.30. The zero-order chi connectivity index (χ0) is 19.6. The van der Waals surface area contributed by atoms with Crippen molar-refractivity contribution < 1.29 is 9.53 Å². The van der Waals surface area contributed by atoms with Crippen molar-refractivity contribution in [3.05, 3.63) is 46.1 Å². The lowest BCUT2D eigenvalue weighted by Crippen LogP contribution is -2.29. The quantitative estimate of drug-likeness (QED) is 0.561. The first-order valence-electron chi connectivity index (χ1n) is 8.90. The van der Waals surface area contributed by atoms with E-state index in [0.29, 0.717) is 39.9 Å². The number of carbonyl (C=O) groups is 1. The minimum absolute atomic E-state index is 0.308. The van der Waals surface area contributed by atoms with Gasteiger partial charge in [-0.3, -0.25) is 0 Å². The fourth-order valence-corrected chi connectivity index (χ4v) is 3.77. The molecule has 1 aromatic heterocycles. The molecule has 0 saturated heterocycles. The Morgan fingerprint density at radius 1 is 1.37 bits per heavy atom. The molecular weight excluding hydrogens is 384 g/mol. The molecule has 2 heterocycles. The van der Waals surface area contributed by atoms with Gasteiger partial charge in [0.05, 0.1) is 12.2 Å². The molecule has 144 valence electrons. The second-order valence-corrected chi connectivity index (χ2v) is 8.13. The zero-order valence-electron chi connectivity index (χ0n) is 15.8. The van der Waals surface area contributed by atoms with Gasteiger partial charge in [0.2, 0.25) is 11.1 Å². The van der Waals surface area contributed by atoms with Gasteiger partial charge in [-0.15, -0.1) is 5.10 Å². The topological polar surface area (TPSA) is 69.0 Å². The Morgan fingerprint density at radius 3 is 2.70 bits per heavy atom. The molecule has 0 bridgehead atoms. The fourth-order valence-electron chi connectivity index (χ4n) is 2.86. The Hall–Kier alpha value is -1.99. The normalized spacial score (nSPS) is 16.3. The van der Waals surface area contributed by atoms with E-state index in [-0.39, 0.29) is 5.97 Å². The molecular formula is C19H23ClN4O2S. The lowest BCUT2D eigenvalue weighted by Gasteiger charge is -2.28. The van der Waals surface area contributed by atoms with Crippen LogP contribution in [0.1, 0.15) is 39.3 Å². The van der Waals surface area contributed by atoms with Gasteiger partial charge in [-0.2, -0.15) is 4.98 Å². The van der Waals surface area contributed by atoms with Crippen molar-refractivity contribution in [1.29, 1.82) is 0 Å². The summed E-state index contributed by atoms with van der Waals surface area (Å²) in [6, 6.07) is 7.00. The Morgan fingerprint density at radius 2 is 2.07 bits per heavy atom. The van der Waals surface area contributed by atoms with E-state index in [1.165, 1.54) is 0 Å². The number of carbonyl (C=O) groups excluding carboxylic acids is 1. The van der Waals surface area contributed by atoms with Crippen LogP contribution >= 0.6 is 23.4 Å². The number of thioether (sulfide) groups is 1. The van der Waals surface area contributed by atoms with Crippen LogP contribution in [0.25, 0.3) is 0 Å². The summed E-state index contributed by atoms with van der Waals surface area (Å²) in [5, 5.41) is 9.18. The maximum absolute atomic E-state index is 12.7. The molecule has 1 atom stereocenters. The first kappa shape index (κ1) is 19.8. The average molecular weight is 407 g/mol. The molecule has 8 heteroatoms. The fraction of sp³-hybridized carbons (Fsp3) is 0.421. The van der Waals surface area contributed by atoms with Crippen LogP contribution in [0.3, 0.4) is 0 Å². The number of nitrogens with zero attached hydrogens (tertiary/aromatic N) is 3. The molecule has 1 aliphatic heterocycles. The minimum atomic E-state index is -0.418. The van der Waals surface area contributed by atoms with Crippen LogP contribution in [0.2, 0.25) is 5.02 Å². The Labute approximate surface area is 168 Å². The highest BCUT2D eigenvalue weighted by molar-refractivity contribution is 7.99. The van der Waals surface area contributed by atoms with E-state index in [4.69, 9.17) is 16.3 Å². The van der Waals surface area contributed by atoms with Crippen molar-refractivity contribution in [1.82, 2.24) is 14.8 Å². The maximum Gasteiger partial charge on any atom is 0.338 e. The van der Waals surface area contributed by atoms with Crippen LogP contribution < -0.4 is 5.32 Å². The standard InChI is InChI=1S/C19H23ClN4O2S/c1-5-26-17(25)15-12(4)21-18-22-19(27-10-11(2)3)23-24(18)16(15)13-6-8-14(20)9-7-13/h6-9,11,16H,5,10H2,1-4H3,(H,21,22,23)/t16-/m0/s1. The van der Waals surface area contributed by atoms with Crippen molar-refractivity contribution in [3.8, 4) is 0 Å². The Kier molecular flexibility index (Phi) is 6.11. The van der Waals surface area contributed by atoms with Crippen LogP contribution in [-0.4, -0.2) is 33.1 Å². The maximum atomic E-state index is 12.7. The number of aromatic nitrogens is 3. The molecule has 2 aromatic rings. The predicted octanol–water partition coefficient (Wildman–Crippen LogP) is 4.53. The van der Waals surface area contributed by atoms with E-state index in [0.717, 1.165) is 11.3 Å². The lowest BCUT2D eigenvalue weighted by atomic mass is 9.96. The van der Waals surface area contributed by atoms with E-state index in [9.17, 15) is 4.79 Å². The monoisotopic (exact) mass is 406 g/mol. The molecule has 3 rings (SSSR count). The Bertz CT molecular complexity index is 861. The summed E-state index contributed by atoms with van der Waals surface area (Å²) in [4.78, 5) is 17.3. The Balaban J connectivity index is 2.05. The van der Waals surface area contributed by atoms with Crippen LogP contribution in [0, 0.1) is 5.92 Å². The smallest absolute Gasteiger partial charge is 0.338 e. The van der Waals surface area contributed by atoms with Gasteiger partial charge in [-0.25, -0.2) is 9.48 Å². The molecule has 0 spiro atoms. The zero-order valence-corrected chi connectivity index (χ0v) is 17.4. The highest BCUT2D eigenvalue weighted by Crippen LogP contribution is 2.37. The molecule has 0 unspecified atom stereocenters. The van der Waals surface area contributed by atoms with Crippen molar-refractivity contribution in [2.75, 3.05) is 17.7 Å². The van der Waals surface area contributed by atoms with Crippen LogP contribution in [-0.2, 0) is 9.53 Å². The first-order valence-corrected chi connectivity index (χ1v) is 10.3.